The van der Waals surface area contributed by atoms with Gasteiger partial charge in [-0.15, -0.1) is 11.3 Å². The molecule has 1 aliphatic carbocycles. The van der Waals surface area contributed by atoms with Crippen LogP contribution < -0.4 is 0 Å². The Bertz CT molecular complexity index is 1480. The van der Waals surface area contributed by atoms with E-state index in [-0.39, 0.29) is 60.8 Å². The molecule has 9 nitrogen and oxygen atoms in total. The zero-order valence-electron chi connectivity index (χ0n) is 32.1. The highest BCUT2D eigenvalue weighted by Crippen LogP contribution is 2.42. The smallest absolute Gasteiger partial charge is 0.338 e. The third kappa shape index (κ3) is 14.3. The minimum atomic E-state index is -0.372. The molecule has 55 heavy (non-hydrogen) atoms. The van der Waals surface area contributed by atoms with Gasteiger partial charge in [0.1, 0.15) is 6.10 Å². The number of aryl methyl sites for hydroxylation is 1. The van der Waals surface area contributed by atoms with Crippen LogP contribution in [0.3, 0.4) is 0 Å². The number of allylic oxidation sites excluding steroid dienone is 3. The van der Waals surface area contributed by atoms with Crippen LogP contribution in [0, 0.1) is 11.8 Å². The van der Waals surface area contributed by atoms with E-state index in [9.17, 15) is 9.59 Å². The van der Waals surface area contributed by atoms with Gasteiger partial charge >= 0.3 is 5.97 Å². The number of halogens is 1. The molecule has 2 aromatic rings. The molecule has 3 aliphatic heterocycles. The molecule has 4 unspecified atom stereocenters. The molecule has 1 aromatic heterocycles. The number of thiophene rings is 1. The van der Waals surface area contributed by atoms with Gasteiger partial charge in [-0.05, 0) is 142 Å². The van der Waals surface area contributed by atoms with Crippen molar-refractivity contribution in [3.63, 3.8) is 0 Å². The summed E-state index contributed by atoms with van der Waals surface area (Å²) in [7, 11) is 0. The van der Waals surface area contributed by atoms with Gasteiger partial charge < -0.3 is 33.2 Å². The third-order valence-electron chi connectivity index (χ3n) is 10.9. The van der Waals surface area contributed by atoms with E-state index < -0.39 is 0 Å². The number of ketones is 1. The van der Waals surface area contributed by atoms with Crippen molar-refractivity contribution in [3.05, 3.63) is 81.0 Å². The fraction of sp³-hybridized carbons (Fsp3) is 0.636. The monoisotopic (exact) mass is 842 g/mol. The van der Waals surface area contributed by atoms with Crippen molar-refractivity contribution >= 4 is 39.0 Å². The first-order chi connectivity index (χ1) is 27.0. The fourth-order valence-electron chi connectivity index (χ4n) is 7.89. The maximum Gasteiger partial charge on any atom is 0.338 e. The number of unbranched alkanes of at least 4 members (excludes halogenated alkanes) is 1. The van der Waals surface area contributed by atoms with Gasteiger partial charge in [-0.1, -0.05) is 36.4 Å². The quantitative estimate of drug-likeness (QED) is 0.0559. The van der Waals surface area contributed by atoms with Crippen molar-refractivity contribution in [1.29, 1.82) is 0 Å². The van der Waals surface area contributed by atoms with Crippen LogP contribution in [-0.2, 0) is 44.4 Å². The van der Waals surface area contributed by atoms with Crippen molar-refractivity contribution in [2.75, 3.05) is 26.4 Å². The first-order valence-electron chi connectivity index (χ1n) is 20.6. The number of benzene rings is 1. The van der Waals surface area contributed by atoms with Crippen LogP contribution in [0.2, 0.25) is 0 Å². The summed E-state index contributed by atoms with van der Waals surface area (Å²) >= 11 is 5.20. The van der Waals surface area contributed by atoms with E-state index in [0.717, 1.165) is 100 Å². The minimum Gasteiger partial charge on any atom is -0.456 e. The standard InChI is InChI=1S/C44H59BrO9S/c45-40-26-24-35(55-40)23-21-33(46)22-25-37-36(38(53-42-19-9-12-28-49-42)30-39(37)54-43-20-10-13-29-50-43)17-7-2-1-6-16-34(31-51-41-18-8-11-27-48-41)52-44(47)32-14-4-3-5-15-32/h2-5,7,14-15,22,24-26,34,36-39,41-43H,1,6,8-13,16-21,23,27-31H2/t34?,36-,37-,38+,39-,41?,42?,43?/m1/s1. The maximum atomic E-state index is 13.2. The molecular formula is C44H59BrO9S. The fourth-order valence-corrected chi connectivity index (χ4v) is 9.37. The molecule has 8 atom stereocenters. The second-order valence-electron chi connectivity index (χ2n) is 15.1. The molecule has 6 rings (SSSR count). The summed E-state index contributed by atoms with van der Waals surface area (Å²) in [6, 6.07) is 13.2. The predicted octanol–water partition coefficient (Wildman–Crippen LogP) is 9.91. The van der Waals surface area contributed by atoms with E-state index >= 15 is 0 Å². The zero-order valence-corrected chi connectivity index (χ0v) is 34.5. The number of rotatable bonds is 20. The summed E-state index contributed by atoms with van der Waals surface area (Å²) < 4.78 is 44.3. The molecule has 4 heterocycles. The van der Waals surface area contributed by atoms with Gasteiger partial charge in [0.25, 0.3) is 0 Å². The first-order valence-corrected chi connectivity index (χ1v) is 22.2. The van der Waals surface area contributed by atoms with Crippen molar-refractivity contribution in [2.24, 2.45) is 11.8 Å². The van der Waals surface area contributed by atoms with Gasteiger partial charge in [0.2, 0.25) is 0 Å². The Balaban J connectivity index is 1.09. The summed E-state index contributed by atoms with van der Waals surface area (Å²) in [4.78, 5) is 27.3. The van der Waals surface area contributed by atoms with Crippen LogP contribution in [0.5, 0.6) is 0 Å². The van der Waals surface area contributed by atoms with Crippen molar-refractivity contribution in [3.8, 4) is 0 Å². The summed E-state index contributed by atoms with van der Waals surface area (Å²) in [5.74, 6) is -0.121. The summed E-state index contributed by atoms with van der Waals surface area (Å²) in [6.45, 7) is 2.44. The van der Waals surface area contributed by atoms with Gasteiger partial charge in [0.15, 0.2) is 24.7 Å². The molecule has 0 amide bonds. The second kappa shape index (κ2) is 23.3. The largest absolute Gasteiger partial charge is 0.456 e. The molecule has 1 aromatic carbocycles. The lowest BCUT2D eigenvalue weighted by atomic mass is 9.89. The minimum absolute atomic E-state index is 0.00969. The summed E-state index contributed by atoms with van der Waals surface area (Å²) in [5, 5.41) is 0. The molecule has 0 spiro atoms. The highest BCUT2D eigenvalue weighted by Gasteiger charge is 2.45. The number of carbonyl (C=O) groups is 2. The van der Waals surface area contributed by atoms with Crippen LogP contribution in [0.15, 0.2) is 70.6 Å². The molecular weight excluding hydrogens is 784 g/mol. The van der Waals surface area contributed by atoms with Crippen LogP contribution in [0.1, 0.15) is 112 Å². The Morgan fingerprint density at radius 2 is 1.53 bits per heavy atom. The van der Waals surface area contributed by atoms with Crippen molar-refractivity contribution in [2.45, 2.75) is 140 Å². The summed E-state index contributed by atoms with van der Waals surface area (Å²) in [6.07, 6.45) is 21.2. The van der Waals surface area contributed by atoms with Gasteiger partial charge in [-0.3, -0.25) is 4.79 Å². The van der Waals surface area contributed by atoms with E-state index in [1.165, 1.54) is 4.88 Å². The maximum absolute atomic E-state index is 13.2. The van der Waals surface area contributed by atoms with Gasteiger partial charge in [0.05, 0.1) is 28.2 Å². The Morgan fingerprint density at radius 3 is 2.18 bits per heavy atom. The third-order valence-corrected chi connectivity index (χ3v) is 12.6. The van der Waals surface area contributed by atoms with Crippen LogP contribution in [0.4, 0.5) is 0 Å². The molecule has 1 saturated carbocycles. The number of hydrogen-bond donors (Lipinski definition) is 0. The van der Waals surface area contributed by atoms with Crippen LogP contribution in [0.25, 0.3) is 0 Å². The highest BCUT2D eigenvalue weighted by molar-refractivity contribution is 9.11. The SMILES string of the molecule is O=C(C=C[C@@H]1[C@@H](CC=CCCCC(COC2CCCCO2)OC(=O)c2ccccc2)[C@@H](OC2CCCCO2)C[C@H]1OC1CCCCO1)CCc1ccc(Br)s1. The topological polar surface area (TPSA) is 98.8 Å². The van der Waals surface area contributed by atoms with E-state index in [0.29, 0.717) is 38.2 Å². The van der Waals surface area contributed by atoms with Crippen molar-refractivity contribution in [1.82, 2.24) is 0 Å². The highest BCUT2D eigenvalue weighted by atomic mass is 79.9. The average Bonchev–Trinajstić information content (AvgIpc) is 3.79. The lowest BCUT2D eigenvalue weighted by Crippen LogP contribution is -2.31. The van der Waals surface area contributed by atoms with E-state index in [1.54, 1.807) is 29.5 Å². The first kappa shape index (κ1) is 42.4. The van der Waals surface area contributed by atoms with Crippen LogP contribution >= 0.6 is 27.3 Å². The Labute approximate surface area is 339 Å². The Morgan fingerprint density at radius 1 is 0.836 bits per heavy atom. The number of carbonyl (C=O) groups excluding carboxylic acids is 2. The van der Waals surface area contributed by atoms with E-state index in [4.69, 9.17) is 33.2 Å². The van der Waals surface area contributed by atoms with E-state index in [1.807, 2.05) is 24.3 Å². The Hall–Kier alpha value is -2.22. The molecule has 11 heteroatoms. The number of esters is 1. The molecule has 4 aliphatic rings. The molecule has 3 saturated heterocycles. The second-order valence-corrected chi connectivity index (χ2v) is 17.7. The van der Waals surface area contributed by atoms with Crippen LogP contribution in [-0.4, -0.2) is 75.4 Å². The number of ether oxygens (including phenoxy) is 7. The number of hydrogen-bond acceptors (Lipinski definition) is 10. The van der Waals surface area contributed by atoms with Gasteiger partial charge in [0, 0.05) is 43.5 Å². The molecule has 302 valence electrons. The van der Waals surface area contributed by atoms with Gasteiger partial charge in [-0.25, -0.2) is 4.79 Å². The molecule has 0 bridgehead atoms. The summed E-state index contributed by atoms with van der Waals surface area (Å²) in [5.41, 5.74) is 0.534. The Kier molecular flexibility index (Phi) is 17.9. The lowest BCUT2D eigenvalue weighted by molar-refractivity contribution is -0.203. The zero-order chi connectivity index (χ0) is 38.1. The molecule has 4 fully saturated rings. The van der Waals surface area contributed by atoms with Crippen molar-refractivity contribution < 1.29 is 42.7 Å². The van der Waals surface area contributed by atoms with E-state index in [2.05, 4.69) is 40.2 Å². The van der Waals surface area contributed by atoms with Gasteiger partial charge in [-0.2, -0.15) is 0 Å². The molecule has 0 N–H and O–H groups in total. The average molecular weight is 844 g/mol. The molecule has 0 radical (unpaired) electrons. The lowest BCUT2D eigenvalue weighted by Gasteiger charge is -2.30. The normalized spacial score (nSPS) is 28.1. The predicted molar refractivity (Wildman–Crippen MR) is 216 cm³/mol.